The molecule has 0 heterocycles. The van der Waals surface area contributed by atoms with Crippen molar-refractivity contribution in [3.63, 3.8) is 0 Å². The van der Waals surface area contributed by atoms with Crippen LogP contribution in [-0.4, -0.2) is 40.5 Å². The van der Waals surface area contributed by atoms with E-state index < -0.39 is 34.7 Å². The summed E-state index contributed by atoms with van der Waals surface area (Å²) in [6.07, 6.45) is 0.288. The van der Waals surface area contributed by atoms with Gasteiger partial charge in [0.25, 0.3) is 11.6 Å². The van der Waals surface area contributed by atoms with E-state index in [4.69, 9.17) is 4.74 Å². The second-order valence-electron chi connectivity index (χ2n) is 6.74. The van der Waals surface area contributed by atoms with E-state index in [-0.39, 0.29) is 30.7 Å². The molecule has 158 valence electrons. The normalized spacial score (nSPS) is 12.4. The zero-order chi connectivity index (χ0) is 22.1. The van der Waals surface area contributed by atoms with Gasteiger partial charge in [-0.05, 0) is 30.5 Å². The molecule has 0 fully saturated rings. The number of hydrogen-bond acceptors (Lipinski definition) is 6. The molecule has 0 aliphatic carbocycles. The van der Waals surface area contributed by atoms with Crippen LogP contribution in [0.3, 0.4) is 0 Å². The molecule has 0 saturated heterocycles. The molecule has 0 bridgehead atoms. The van der Waals surface area contributed by atoms with Crippen molar-refractivity contribution in [3.05, 3.63) is 75.8 Å². The van der Waals surface area contributed by atoms with Crippen molar-refractivity contribution < 1.29 is 29.2 Å². The van der Waals surface area contributed by atoms with E-state index in [2.05, 4.69) is 5.32 Å². The number of benzene rings is 2. The summed E-state index contributed by atoms with van der Waals surface area (Å²) in [5, 5.41) is 23.0. The molecular weight excluding hydrogens is 392 g/mol. The topological polar surface area (TPSA) is 136 Å². The fourth-order valence-corrected chi connectivity index (χ4v) is 2.90. The zero-order valence-electron chi connectivity index (χ0n) is 16.3. The number of rotatable bonds is 10. The van der Waals surface area contributed by atoms with Crippen molar-refractivity contribution in [1.29, 1.82) is 0 Å². The van der Waals surface area contributed by atoms with Gasteiger partial charge < -0.3 is 15.2 Å². The van der Waals surface area contributed by atoms with Gasteiger partial charge in [0, 0.05) is 24.6 Å². The van der Waals surface area contributed by atoms with Gasteiger partial charge >= 0.3 is 11.9 Å². The maximum Gasteiger partial charge on any atom is 0.306 e. The number of ether oxygens (including phenoxy) is 1. The van der Waals surface area contributed by atoms with Gasteiger partial charge in [-0.25, -0.2) is 0 Å². The summed E-state index contributed by atoms with van der Waals surface area (Å²) < 4.78 is 4.99. The predicted octanol–water partition coefficient (Wildman–Crippen LogP) is 2.59. The number of non-ortho nitro benzene ring substituents is 1. The van der Waals surface area contributed by atoms with Crippen LogP contribution in [-0.2, 0) is 20.7 Å². The molecule has 2 N–H and O–H groups in total. The van der Waals surface area contributed by atoms with E-state index in [0.717, 1.165) is 5.56 Å². The molecule has 0 aromatic heterocycles. The summed E-state index contributed by atoms with van der Waals surface area (Å²) >= 11 is 0. The highest BCUT2D eigenvalue weighted by atomic mass is 16.6. The summed E-state index contributed by atoms with van der Waals surface area (Å²) in [6, 6.07) is 13.3. The quantitative estimate of drug-likeness (QED) is 0.346. The van der Waals surface area contributed by atoms with Gasteiger partial charge in [0.15, 0.2) is 0 Å². The summed E-state index contributed by atoms with van der Waals surface area (Å²) in [4.78, 5) is 45.6. The molecule has 0 unspecified atom stereocenters. The van der Waals surface area contributed by atoms with Crippen molar-refractivity contribution in [2.24, 2.45) is 5.92 Å². The molecule has 0 radical (unpaired) electrons. The van der Waals surface area contributed by atoms with Crippen molar-refractivity contribution in [2.75, 3.05) is 6.61 Å². The van der Waals surface area contributed by atoms with E-state index in [9.17, 15) is 29.6 Å². The first kappa shape index (κ1) is 22.5. The Hall–Kier alpha value is -3.75. The molecular formula is C21H22N2O7. The average molecular weight is 414 g/mol. The predicted molar refractivity (Wildman–Crippen MR) is 107 cm³/mol. The lowest BCUT2D eigenvalue weighted by Gasteiger charge is -2.22. The Bertz CT molecular complexity index is 897. The minimum Gasteiger partial charge on any atom is -0.481 e. The lowest BCUT2D eigenvalue weighted by Crippen LogP contribution is -2.41. The summed E-state index contributed by atoms with van der Waals surface area (Å²) in [7, 11) is 0. The number of nitro benzene ring substituents is 1. The molecule has 0 aliphatic rings. The van der Waals surface area contributed by atoms with Gasteiger partial charge in [-0.2, -0.15) is 0 Å². The van der Waals surface area contributed by atoms with Gasteiger partial charge in [0.1, 0.15) is 6.61 Å². The molecule has 0 spiro atoms. The van der Waals surface area contributed by atoms with Gasteiger partial charge in [0.2, 0.25) is 0 Å². The molecule has 9 nitrogen and oxygen atoms in total. The highest BCUT2D eigenvalue weighted by Crippen LogP contribution is 2.17. The van der Waals surface area contributed by atoms with Crippen LogP contribution >= 0.6 is 0 Å². The monoisotopic (exact) mass is 414 g/mol. The number of carbonyl (C=O) groups excluding carboxylic acids is 2. The van der Waals surface area contributed by atoms with E-state index in [0.29, 0.717) is 0 Å². The molecule has 1 amide bonds. The Morgan fingerprint density at radius 3 is 2.27 bits per heavy atom. The van der Waals surface area contributed by atoms with E-state index in [1.54, 1.807) is 12.1 Å². The highest BCUT2D eigenvalue weighted by molar-refractivity contribution is 5.94. The molecule has 0 saturated carbocycles. The van der Waals surface area contributed by atoms with Gasteiger partial charge in [-0.1, -0.05) is 30.3 Å². The first-order valence-corrected chi connectivity index (χ1v) is 9.21. The Morgan fingerprint density at radius 2 is 1.73 bits per heavy atom. The third-order valence-corrected chi connectivity index (χ3v) is 4.41. The second-order valence-corrected chi connectivity index (χ2v) is 6.74. The molecule has 2 atom stereocenters. The first-order valence-electron chi connectivity index (χ1n) is 9.21. The first-order chi connectivity index (χ1) is 14.3. The Morgan fingerprint density at radius 1 is 1.10 bits per heavy atom. The standard InChI is InChI=1S/C21H22N2O7/c1-14(24)30-13-18(12-17(21(26)27)11-15-5-3-2-4-6-15)22-20(25)16-7-9-19(10-8-16)23(28)29/h2-10,17-18H,11-13H2,1H3,(H,22,25)(H,26,27)/t17-,18-/m0/s1. The number of esters is 1. The maximum atomic E-state index is 12.5. The number of nitrogens with one attached hydrogen (secondary N) is 1. The van der Waals surface area contributed by atoms with Crippen LogP contribution in [0, 0.1) is 16.0 Å². The third kappa shape index (κ3) is 7.01. The van der Waals surface area contributed by atoms with Crippen molar-refractivity contribution >= 4 is 23.5 Å². The number of nitro groups is 1. The minimum atomic E-state index is -1.03. The van der Waals surface area contributed by atoms with Crippen molar-refractivity contribution in [3.8, 4) is 0 Å². The molecule has 2 aromatic carbocycles. The minimum absolute atomic E-state index is 0.0379. The second kappa shape index (κ2) is 10.7. The van der Waals surface area contributed by atoms with Crippen LogP contribution in [0.1, 0.15) is 29.3 Å². The fraction of sp³-hybridized carbons (Fsp3) is 0.286. The van der Waals surface area contributed by atoms with E-state index in [1.165, 1.54) is 31.2 Å². The van der Waals surface area contributed by atoms with Gasteiger partial charge in [-0.15, -0.1) is 0 Å². The Labute approximate surface area is 172 Å². The molecule has 2 aromatic rings. The Balaban J connectivity index is 2.12. The van der Waals surface area contributed by atoms with Gasteiger partial charge in [-0.3, -0.25) is 24.5 Å². The summed E-state index contributed by atoms with van der Waals surface area (Å²) in [6.45, 7) is 1.03. The van der Waals surface area contributed by atoms with E-state index in [1.807, 2.05) is 18.2 Å². The summed E-state index contributed by atoms with van der Waals surface area (Å²) in [5.74, 6) is -2.95. The van der Waals surface area contributed by atoms with Crippen molar-refractivity contribution in [2.45, 2.75) is 25.8 Å². The van der Waals surface area contributed by atoms with Crippen molar-refractivity contribution in [1.82, 2.24) is 5.32 Å². The average Bonchev–Trinajstić information content (AvgIpc) is 2.72. The SMILES string of the molecule is CC(=O)OC[C@H](C[C@H](Cc1ccccc1)C(=O)O)NC(=O)c1ccc([N+](=O)[O-])cc1. The van der Waals surface area contributed by atoms with E-state index >= 15 is 0 Å². The lowest BCUT2D eigenvalue weighted by molar-refractivity contribution is -0.384. The number of carbonyl (C=O) groups is 3. The number of hydrogen-bond donors (Lipinski definition) is 2. The maximum absolute atomic E-state index is 12.5. The van der Waals surface area contributed by atoms with Crippen LogP contribution in [0.2, 0.25) is 0 Å². The van der Waals surface area contributed by atoms with Gasteiger partial charge in [0.05, 0.1) is 16.9 Å². The van der Waals surface area contributed by atoms with Crippen LogP contribution < -0.4 is 5.32 Å². The Kier molecular flexibility index (Phi) is 8.04. The lowest BCUT2D eigenvalue weighted by atomic mass is 9.92. The fourth-order valence-electron chi connectivity index (χ4n) is 2.90. The number of nitrogens with zero attached hydrogens (tertiary/aromatic N) is 1. The molecule has 9 heteroatoms. The van der Waals surface area contributed by atoms with Crippen LogP contribution in [0.5, 0.6) is 0 Å². The van der Waals surface area contributed by atoms with Crippen LogP contribution in [0.4, 0.5) is 5.69 Å². The number of carboxylic acid groups (broad SMARTS) is 1. The molecule has 2 rings (SSSR count). The smallest absolute Gasteiger partial charge is 0.306 e. The molecule has 30 heavy (non-hydrogen) atoms. The number of carboxylic acids is 1. The van der Waals surface area contributed by atoms with Crippen LogP contribution in [0.25, 0.3) is 0 Å². The largest absolute Gasteiger partial charge is 0.481 e. The molecule has 0 aliphatic heterocycles. The number of amides is 1. The summed E-state index contributed by atoms with van der Waals surface area (Å²) in [5.41, 5.74) is 0.845. The zero-order valence-corrected chi connectivity index (χ0v) is 16.3. The highest BCUT2D eigenvalue weighted by Gasteiger charge is 2.25. The third-order valence-electron chi connectivity index (χ3n) is 4.41. The number of aliphatic carboxylic acids is 1. The van der Waals surface area contributed by atoms with Crippen LogP contribution in [0.15, 0.2) is 54.6 Å².